The van der Waals surface area contributed by atoms with Crippen LogP contribution in [0.5, 0.6) is 0 Å². The Morgan fingerprint density at radius 3 is 1.54 bits per heavy atom. The number of hydrogen-bond donors (Lipinski definition) is 0. The maximum Gasteiger partial charge on any atom is 0.0725 e. The van der Waals surface area contributed by atoms with E-state index >= 15 is 0 Å². The van der Waals surface area contributed by atoms with Crippen LogP contribution in [0.3, 0.4) is 0 Å². The van der Waals surface area contributed by atoms with Crippen molar-refractivity contribution in [1.29, 1.82) is 0 Å². The third-order valence-electron chi connectivity index (χ3n) is 15.8. The number of para-hydroxylation sites is 2. The van der Waals surface area contributed by atoms with Crippen LogP contribution >= 0.6 is 0 Å². The molecule has 1 spiro atoms. The summed E-state index contributed by atoms with van der Waals surface area (Å²) in [5.74, 6) is 0. The van der Waals surface area contributed by atoms with Crippen LogP contribution in [-0.2, 0) is 5.41 Å². The molecular weight excluding hydrogens is 869 g/mol. The molecule has 0 aliphatic heterocycles. The molecule has 0 saturated heterocycles. The van der Waals surface area contributed by atoms with Gasteiger partial charge in [0.25, 0.3) is 0 Å². The molecule has 3 aliphatic rings. The molecule has 15 rings (SSSR count). The maximum absolute atomic E-state index is 4.27. The second-order valence-corrected chi connectivity index (χ2v) is 19.6. The number of aromatic nitrogens is 2. The van der Waals surface area contributed by atoms with Gasteiger partial charge in [0.2, 0.25) is 0 Å². The van der Waals surface area contributed by atoms with Gasteiger partial charge in [0.05, 0.1) is 27.5 Å². The first-order valence-electron chi connectivity index (χ1n) is 25.1. The van der Waals surface area contributed by atoms with Gasteiger partial charge in [-0.1, -0.05) is 195 Å². The molecule has 2 aromatic heterocycles. The van der Waals surface area contributed by atoms with E-state index in [4.69, 9.17) is 0 Å². The van der Waals surface area contributed by atoms with E-state index in [1.54, 1.807) is 0 Å². The van der Waals surface area contributed by atoms with Gasteiger partial charge in [0, 0.05) is 32.9 Å². The van der Waals surface area contributed by atoms with Gasteiger partial charge in [-0.05, 0) is 156 Å². The quantitative estimate of drug-likeness (QED) is 0.166. The minimum absolute atomic E-state index is 0.511. The molecule has 0 N–H and O–H groups in total. The van der Waals surface area contributed by atoms with Crippen LogP contribution in [0.4, 0.5) is 0 Å². The fourth-order valence-electron chi connectivity index (χ4n) is 12.7. The normalized spacial score (nSPS) is 16.0. The summed E-state index contributed by atoms with van der Waals surface area (Å²) in [6, 6.07) is 80.0. The van der Waals surface area contributed by atoms with Crippen molar-refractivity contribution in [2.45, 2.75) is 11.8 Å². The highest BCUT2D eigenvalue weighted by Gasteiger charge is 2.51. The lowest BCUT2D eigenvalue weighted by Gasteiger charge is -2.31. The van der Waals surface area contributed by atoms with Gasteiger partial charge in [0.15, 0.2) is 0 Å². The van der Waals surface area contributed by atoms with Gasteiger partial charge in [-0.15, -0.1) is 0 Å². The monoisotopic (exact) mass is 914 g/mol. The molecule has 2 heteroatoms. The van der Waals surface area contributed by atoms with E-state index in [0.717, 1.165) is 17.7 Å². The molecule has 0 fully saturated rings. The van der Waals surface area contributed by atoms with Crippen molar-refractivity contribution in [2.24, 2.45) is 0 Å². The fourth-order valence-corrected chi connectivity index (χ4v) is 12.7. The van der Waals surface area contributed by atoms with Gasteiger partial charge in [-0.3, -0.25) is 0 Å². The molecule has 12 aromatic rings. The standard InChI is InChI=1S/C70H46N2/c1-45-16-4-2-3-5-19-52(34-28-45)71-66-26-14-10-22-58(66)60-41-48(32-38-68(60)71)50-30-36-56-57-37-31-51(44-65(57)70(64(56)43-50)62-24-12-8-20-54(62)55-21-9-13-25-63(55)70)49-33-39-69-61(42-49)59-23-11-15-27-67(59)72(69)53-35-29-46-17-6-7-18-47(46)40-53/h2-4,6-44H,1,5H2/b3-2-,16-4-,34-28?,52-19+. The van der Waals surface area contributed by atoms with Gasteiger partial charge in [-0.25, -0.2) is 0 Å². The number of allylic oxidation sites excluding steroid dienone is 9. The fraction of sp³-hybridized carbons (Fsp3) is 0.0286. The van der Waals surface area contributed by atoms with Gasteiger partial charge in [-0.2, -0.15) is 0 Å². The van der Waals surface area contributed by atoms with Crippen LogP contribution < -0.4 is 0 Å². The lowest BCUT2D eigenvalue weighted by molar-refractivity contribution is 0.794. The summed E-state index contributed by atoms with van der Waals surface area (Å²) in [7, 11) is 0. The zero-order chi connectivity index (χ0) is 47.5. The Hall–Kier alpha value is -9.24. The second-order valence-electron chi connectivity index (χ2n) is 19.6. The van der Waals surface area contributed by atoms with Crippen LogP contribution in [0.25, 0.3) is 110 Å². The van der Waals surface area contributed by atoms with Crippen molar-refractivity contribution < 1.29 is 0 Å². The number of benzene rings is 10. The van der Waals surface area contributed by atoms with Crippen molar-refractivity contribution in [1.82, 2.24) is 9.13 Å². The smallest absolute Gasteiger partial charge is 0.0725 e. The van der Waals surface area contributed by atoms with Gasteiger partial charge >= 0.3 is 0 Å². The van der Waals surface area contributed by atoms with Crippen molar-refractivity contribution in [3.05, 3.63) is 289 Å². The number of rotatable bonds is 4. The lowest BCUT2D eigenvalue weighted by atomic mass is 9.70. The third kappa shape index (κ3) is 5.84. The predicted molar refractivity (Wildman–Crippen MR) is 304 cm³/mol. The number of hydrogen-bond acceptors (Lipinski definition) is 0. The zero-order valence-corrected chi connectivity index (χ0v) is 39.6. The van der Waals surface area contributed by atoms with Crippen LogP contribution in [0.1, 0.15) is 28.7 Å². The first-order chi connectivity index (χ1) is 35.6. The van der Waals surface area contributed by atoms with E-state index in [1.807, 2.05) is 0 Å². The largest absolute Gasteiger partial charge is 0.310 e. The second kappa shape index (κ2) is 15.6. The summed E-state index contributed by atoms with van der Waals surface area (Å²) in [6.07, 6.45) is 15.9. The average molecular weight is 915 g/mol. The Morgan fingerprint density at radius 2 is 0.875 bits per heavy atom. The maximum atomic E-state index is 4.27. The third-order valence-corrected chi connectivity index (χ3v) is 15.8. The molecule has 3 aliphatic carbocycles. The first-order valence-corrected chi connectivity index (χ1v) is 25.1. The molecule has 0 atom stereocenters. The van der Waals surface area contributed by atoms with E-state index in [9.17, 15) is 0 Å². The number of nitrogens with zero attached hydrogens (tertiary/aromatic N) is 2. The van der Waals surface area contributed by atoms with E-state index < -0.39 is 5.41 Å². The molecular formula is C70H46N2. The van der Waals surface area contributed by atoms with Crippen molar-refractivity contribution in [3.63, 3.8) is 0 Å². The van der Waals surface area contributed by atoms with E-state index in [0.29, 0.717) is 0 Å². The highest BCUT2D eigenvalue weighted by molar-refractivity contribution is 6.13. The van der Waals surface area contributed by atoms with Gasteiger partial charge in [0.1, 0.15) is 0 Å². The predicted octanol–water partition coefficient (Wildman–Crippen LogP) is 18.2. The summed E-state index contributed by atoms with van der Waals surface area (Å²) in [4.78, 5) is 0. The Balaban J connectivity index is 0.903. The molecule has 0 radical (unpaired) electrons. The summed E-state index contributed by atoms with van der Waals surface area (Å²) in [6.45, 7) is 4.27. The molecule has 2 nitrogen and oxygen atoms in total. The molecule has 0 saturated carbocycles. The summed E-state index contributed by atoms with van der Waals surface area (Å²) in [5.41, 5.74) is 22.9. The molecule has 0 amide bonds. The molecule has 72 heavy (non-hydrogen) atoms. The Morgan fingerprint density at radius 1 is 0.361 bits per heavy atom. The Bertz CT molecular complexity index is 4400. The summed E-state index contributed by atoms with van der Waals surface area (Å²) >= 11 is 0. The molecule has 336 valence electrons. The summed E-state index contributed by atoms with van der Waals surface area (Å²) < 4.78 is 4.84. The van der Waals surface area contributed by atoms with Crippen LogP contribution in [-0.4, -0.2) is 9.13 Å². The zero-order valence-electron chi connectivity index (χ0n) is 39.6. The van der Waals surface area contributed by atoms with E-state index in [-0.39, 0.29) is 0 Å². The van der Waals surface area contributed by atoms with Crippen LogP contribution in [0, 0.1) is 0 Å². The molecule has 10 aromatic carbocycles. The average Bonchev–Trinajstić information content (AvgIpc) is 4.14. The van der Waals surface area contributed by atoms with Crippen LogP contribution in [0.2, 0.25) is 0 Å². The highest BCUT2D eigenvalue weighted by atomic mass is 15.0. The van der Waals surface area contributed by atoms with Crippen molar-refractivity contribution in [2.75, 3.05) is 0 Å². The molecule has 0 bridgehead atoms. The van der Waals surface area contributed by atoms with Crippen molar-refractivity contribution in [3.8, 4) is 50.2 Å². The van der Waals surface area contributed by atoms with Crippen LogP contribution in [0.15, 0.2) is 267 Å². The topological polar surface area (TPSA) is 9.86 Å². The molecule has 0 unspecified atom stereocenters. The lowest BCUT2D eigenvalue weighted by Crippen LogP contribution is -2.26. The van der Waals surface area contributed by atoms with Gasteiger partial charge < -0.3 is 9.13 Å². The Kier molecular flexibility index (Phi) is 8.82. The highest BCUT2D eigenvalue weighted by Crippen LogP contribution is 2.63. The summed E-state index contributed by atoms with van der Waals surface area (Å²) in [5, 5.41) is 7.46. The molecule has 2 heterocycles. The minimum atomic E-state index is -0.511. The van der Waals surface area contributed by atoms with E-state index in [1.165, 1.54) is 127 Å². The van der Waals surface area contributed by atoms with E-state index in [2.05, 4.69) is 271 Å². The van der Waals surface area contributed by atoms with Crippen molar-refractivity contribution >= 4 is 60.1 Å². The Labute approximate surface area is 418 Å². The SMILES string of the molecule is C=C1C=C/C(n2c3ccccc3c3cc(-c4ccc5c(c4)C4(c6ccccc6-c6ccccc64)c4cc(-c6ccc7c(c6)c6ccccc6n7-c6ccc7ccccc7c6)ccc4-5)ccc32)=C\C/C=C\C=C/1. The first kappa shape index (κ1) is 40.6. The number of fused-ring (bicyclic) bond motifs is 17. The minimum Gasteiger partial charge on any atom is -0.310 e.